The summed E-state index contributed by atoms with van der Waals surface area (Å²) >= 11 is 5.76. The Morgan fingerprint density at radius 1 is 1.05 bits per heavy atom. The molecular weight excluding hydrogens is 330 g/mol. The van der Waals surface area contributed by atoms with Gasteiger partial charge in [-0.1, -0.05) is 23.7 Å². The highest BCUT2D eigenvalue weighted by Gasteiger charge is 2.16. The minimum atomic E-state index is -3.93. The number of rotatable bonds is 6. The van der Waals surface area contributed by atoms with Gasteiger partial charge in [0.15, 0.2) is 0 Å². The van der Waals surface area contributed by atoms with E-state index in [1.807, 2.05) is 0 Å². The van der Waals surface area contributed by atoms with Gasteiger partial charge in [-0.05, 0) is 36.2 Å². The smallest absolute Gasteiger partial charge is 0.266 e. The van der Waals surface area contributed by atoms with Crippen LogP contribution in [0.25, 0.3) is 0 Å². The molecule has 0 saturated heterocycles. The maximum absolute atomic E-state index is 11.9. The summed E-state index contributed by atoms with van der Waals surface area (Å²) in [6.45, 7) is -0.0268. The van der Waals surface area contributed by atoms with Gasteiger partial charge < -0.3 is 0 Å². The van der Waals surface area contributed by atoms with E-state index in [1.54, 1.807) is 24.3 Å². The maximum atomic E-state index is 11.9. The minimum absolute atomic E-state index is 0.0268. The molecule has 2 rings (SSSR count). The summed E-state index contributed by atoms with van der Waals surface area (Å²) in [6.07, 6.45) is 0.406. The van der Waals surface area contributed by atoms with Crippen molar-refractivity contribution in [3.63, 3.8) is 0 Å². The summed E-state index contributed by atoms with van der Waals surface area (Å²) in [5.74, 6) is 0. The Labute approximate surface area is 132 Å². The van der Waals surface area contributed by atoms with E-state index < -0.39 is 15.0 Å². The van der Waals surface area contributed by atoms with Crippen LogP contribution in [0.2, 0.25) is 5.02 Å². The van der Waals surface area contributed by atoms with E-state index in [1.165, 1.54) is 0 Å². The fraction of sp³-hybridized carbons (Fsp3) is 0.143. The van der Waals surface area contributed by atoms with Crippen molar-refractivity contribution in [3.05, 3.63) is 69.2 Å². The van der Waals surface area contributed by atoms with E-state index in [4.69, 9.17) is 15.8 Å². The van der Waals surface area contributed by atoms with Crippen LogP contribution in [0, 0.1) is 10.1 Å². The molecule has 0 spiro atoms. The van der Waals surface area contributed by atoms with E-state index in [0.717, 1.165) is 29.8 Å². The van der Waals surface area contributed by atoms with Crippen molar-refractivity contribution in [1.29, 1.82) is 0 Å². The number of hydrogen-bond donors (Lipinski definition) is 0. The molecular formula is C14H12ClNO5S. The normalized spacial score (nSPS) is 11.3. The zero-order chi connectivity index (χ0) is 16.2. The molecule has 2 aromatic rings. The number of benzene rings is 2. The van der Waals surface area contributed by atoms with Gasteiger partial charge in [-0.25, -0.2) is 0 Å². The molecule has 0 aliphatic rings. The van der Waals surface area contributed by atoms with Crippen molar-refractivity contribution in [2.24, 2.45) is 0 Å². The molecule has 0 heterocycles. The third-order valence-electron chi connectivity index (χ3n) is 2.88. The molecule has 0 atom stereocenters. The summed E-state index contributed by atoms with van der Waals surface area (Å²) < 4.78 is 28.8. The first-order valence-electron chi connectivity index (χ1n) is 6.27. The molecule has 6 nitrogen and oxygen atoms in total. The Bertz CT molecular complexity index is 757. The van der Waals surface area contributed by atoms with Crippen LogP contribution in [0.1, 0.15) is 5.56 Å². The number of hydrogen-bond acceptors (Lipinski definition) is 5. The molecule has 0 saturated carbocycles. The second-order valence-corrected chi connectivity index (χ2v) is 6.46. The highest BCUT2D eigenvalue weighted by molar-refractivity contribution is 7.86. The molecule has 116 valence electrons. The van der Waals surface area contributed by atoms with E-state index in [0.29, 0.717) is 11.4 Å². The second-order valence-electron chi connectivity index (χ2n) is 4.40. The Kier molecular flexibility index (Phi) is 5.12. The predicted octanol–water partition coefficient (Wildman–Crippen LogP) is 3.20. The number of halogens is 1. The largest absolute Gasteiger partial charge is 0.296 e. The van der Waals surface area contributed by atoms with Crippen molar-refractivity contribution in [2.75, 3.05) is 6.61 Å². The van der Waals surface area contributed by atoms with Gasteiger partial charge in [0, 0.05) is 17.2 Å². The SMILES string of the molecule is O=[N+]([O-])c1ccc(S(=O)(=O)OCCc2ccc(Cl)cc2)cc1. The third-order valence-corrected chi connectivity index (χ3v) is 4.46. The standard InChI is InChI=1S/C14H12ClNO5S/c15-12-3-1-11(2-4-12)9-10-21-22(19,20)14-7-5-13(6-8-14)16(17)18/h1-8H,9-10H2. The summed E-state index contributed by atoms with van der Waals surface area (Å²) in [6, 6.07) is 11.5. The highest BCUT2D eigenvalue weighted by atomic mass is 35.5. The van der Waals surface area contributed by atoms with Gasteiger partial charge in [-0.2, -0.15) is 8.42 Å². The zero-order valence-corrected chi connectivity index (χ0v) is 12.9. The van der Waals surface area contributed by atoms with Crippen molar-refractivity contribution in [1.82, 2.24) is 0 Å². The van der Waals surface area contributed by atoms with Gasteiger partial charge in [0.1, 0.15) is 0 Å². The van der Waals surface area contributed by atoms with E-state index in [9.17, 15) is 18.5 Å². The molecule has 0 N–H and O–H groups in total. The predicted molar refractivity (Wildman–Crippen MR) is 81.4 cm³/mol. The first kappa shape index (κ1) is 16.4. The van der Waals surface area contributed by atoms with Gasteiger partial charge >= 0.3 is 0 Å². The Morgan fingerprint density at radius 3 is 2.18 bits per heavy atom. The quantitative estimate of drug-likeness (QED) is 0.457. The molecule has 0 aromatic heterocycles. The lowest BCUT2D eigenvalue weighted by atomic mass is 10.2. The van der Waals surface area contributed by atoms with Crippen LogP contribution in [0.4, 0.5) is 5.69 Å². The number of non-ortho nitro benzene ring substituents is 1. The van der Waals surface area contributed by atoms with Crippen molar-refractivity contribution >= 4 is 27.4 Å². The summed E-state index contributed by atoms with van der Waals surface area (Å²) in [4.78, 5) is 9.81. The van der Waals surface area contributed by atoms with Gasteiger partial charge in [0.2, 0.25) is 0 Å². The van der Waals surface area contributed by atoms with E-state index in [2.05, 4.69) is 0 Å². The lowest BCUT2D eigenvalue weighted by molar-refractivity contribution is -0.384. The number of nitro groups is 1. The van der Waals surface area contributed by atoms with Gasteiger partial charge in [0.25, 0.3) is 15.8 Å². The maximum Gasteiger partial charge on any atom is 0.296 e. The van der Waals surface area contributed by atoms with Gasteiger partial charge in [-0.15, -0.1) is 0 Å². The van der Waals surface area contributed by atoms with Crippen LogP contribution in [-0.4, -0.2) is 19.9 Å². The Hall–Kier alpha value is -1.96. The van der Waals surface area contributed by atoms with E-state index in [-0.39, 0.29) is 17.2 Å². The molecule has 22 heavy (non-hydrogen) atoms. The summed E-state index contributed by atoms with van der Waals surface area (Å²) in [5.41, 5.74) is 0.711. The van der Waals surface area contributed by atoms with Gasteiger partial charge in [-0.3, -0.25) is 14.3 Å². The topological polar surface area (TPSA) is 86.5 Å². The van der Waals surface area contributed by atoms with Crippen LogP contribution < -0.4 is 0 Å². The fourth-order valence-corrected chi connectivity index (χ4v) is 2.76. The van der Waals surface area contributed by atoms with Crippen LogP contribution in [0.15, 0.2) is 53.4 Å². The second kappa shape index (κ2) is 6.87. The summed E-state index contributed by atoms with van der Waals surface area (Å²) in [5, 5.41) is 11.1. The Morgan fingerprint density at radius 2 is 1.64 bits per heavy atom. The van der Waals surface area contributed by atoms with Crippen LogP contribution in [-0.2, 0) is 20.7 Å². The third kappa shape index (κ3) is 4.27. The average Bonchev–Trinajstić information content (AvgIpc) is 2.49. The molecule has 0 aliphatic heterocycles. The zero-order valence-electron chi connectivity index (χ0n) is 11.3. The molecule has 0 bridgehead atoms. The molecule has 8 heteroatoms. The van der Waals surface area contributed by atoms with Crippen LogP contribution >= 0.6 is 11.6 Å². The van der Waals surface area contributed by atoms with Gasteiger partial charge in [0.05, 0.1) is 16.4 Å². The molecule has 0 aliphatic carbocycles. The van der Waals surface area contributed by atoms with Crippen LogP contribution in [0.5, 0.6) is 0 Å². The lowest BCUT2D eigenvalue weighted by Gasteiger charge is -2.06. The lowest BCUT2D eigenvalue weighted by Crippen LogP contribution is -2.09. The molecule has 0 radical (unpaired) electrons. The fourth-order valence-electron chi connectivity index (χ4n) is 1.72. The molecule has 0 unspecified atom stereocenters. The minimum Gasteiger partial charge on any atom is -0.266 e. The average molecular weight is 342 g/mol. The van der Waals surface area contributed by atoms with E-state index >= 15 is 0 Å². The monoisotopic (exact) mass is 341 g/mol. The first-order chi connectivity index (χ1) is 10.4. The molecule has 0 amide bonds. The Balaban J connectivity index is 1.98. The summed E-state index contributed by atoms with van der Waals surface area (Å²) in [7, 11) is -3.93. The highest BCUT2D eigenvalue weighted by Crippen LogP contribution is 2.18. The van der Waals surface area contributed by atoms with Crippen molar-refractivity contribution in [3.8, 4) is 0 Å². The molecule has 2 aromatic carbocycles. The number of nitro benzene ring substituents is 1. The van der Waals surface area contributed by atoms with Crippen molar-refractivity contribution in [2.45, 2.75) is 11.3 Å². The van der Waals surface area contributed by atoms with Crippen molar-refractivity contribution < 1.29 is 17.5 Å². The first-order valence-corrected chi connectivity index (χ1v) is 8.05. The van der Waals surface area contributed by atoms with Crippen LogP contribution in [0.3, 0.4) is 0 Å². The molecule has 0 fully saturated rings. The number of nitrogens with zero attached hydrogens (tertiary/aromatic N) is 1.